The molecule has 1 aromatic carbocycles. The Bertz CT molecular complexity index is 776. The van der Waals surface area contributed by atoms with E-state index in [9.17, 15) is 14.7 Å². The second-order valence-corrected chi connectivity index (χ2v) is 9.63. The number of amides is 1. The summed E-state index contributed by atoms with van der Waals surface area (Å²) in [5, 5.41) is 12.4. The number of allylic oxidation sites excluding steroid dienone is 2. The number of carboxylic acid groups (broad SMARTS) is 1. The third-order valence-electron chi connectivity index (χ3n) is 6.95. The van der Waals surface area contributed by atoms with Gasteiger partial charge in [0.25, 0.3) is 0 Å². The molecule has 1 unspecified atom stereocenters. The number of hydrogen-bond acceptors (Lipinski definition) is 4. The molecular formula is C28H47ClN2O4. The molecule has 0 aliphatic rings. The summed E-state index contributed by atoms with van der Waals surface area (Å²) in [6, 6.07) is 7.20. The van der Waals surface area contributed by atoms with E-state index in [1.165, 1.54) is 0 Å². The zero-order valence-corrected chi connectivity index (χ0v) is 23.2. The Labute approximate surface area is 218 Å². The average molecular weight is 511 g/mol. The lowest BCUT2D eigenvalue weighted by atomic mass is 9.66. The molecule has 0 aliphatic carbocycles. The fraction of sp³-hybridized carbons (Fsp3) is 0.643. The smallest absolute Gasteiger partial charge is 0.320 e. The molecule has 0 saturated carbocycles. The summed E-state index contributed by atoms with van der Waals surface area (Å²) in [6.45, 7) is 10.9. The van der Waals surface area contributed by atoms with Gasteiger partial charge in [-0.05, 0) is 49.1 Å². The first-order chi connectivity index (χ1) is 16.1. The molecule has 0 spiro atoms. The third kappa shape index (κ3) is 9.94. The summed E-state index contributed by atoms with van der Waals surface area (Å²) in [4.78, 5) is 23.7. The van der Waals surface area contributed by atoms with Crippen LogP contribution in [0.25, 0.3) is 0 Å². The molecule has 1 amide bonds. The van der Waals surface area contributed by atoms with E-state index in [0.717, 1.165) is 43.2 Å². The largest absolute Gasteiger partial charge is 0.480 e. The molecule has 0 fully saturated rings. The normalized spacial score (nSPS) is 14.4. The number of carboxylic acids is 1. The van der Waals surface area contributed by atoms with Crippen molar-refractivity contribution < 1.29 is 19.4 Å². The molecule has 200 valence electrons. The number of carbonyl (C=O) groups excluding carboxylic acids is 1. The Morgan fingerprint density at radius 2 is 1.71 bits per heavy atom. The van der Waals surface area contributed by atoms with Crippen molar-refractivity contribution in [3.05, 3.63) is 47.5 Å². The third-order valence-corrected chi connectivity index (χ3v) is 6.95. The van der Waals surface area contributed by atoms with Crippen LogP contribution in [-0.2, 0) is 26.3 Å². The lowest BCUT2D eigenvalue weighted by molar-refractivity contribution is -0.142. The van der Waals surface area contributed by atoms with Crippen molar-refractivity contribution in [3.63, 3.8) is 0 Å². The number of ether oxygens (including phenoxy) is 1. The second kappa shape index (κ2) is 16.7. The van der Waals surface area contributed by atoms with Crippen LogP contribution in [-0.4, -0.2) is 36.2 Å². The Morgan fingerprint density at radius 1 is 1.11 bits per heavy atom. The van der Waals surface area contributed by atoms with Crippen LogP contribution in [0.4, 0.5) is 0 Å². The highest BCUT2D eigenvalue weighted by atomic mass is 35.5. The van der Waals surface area contributed by atoms with Gasteiger partial charge in [0.1, 0.15) is 6.04 Å². The first kappa shape index (κ1) is 33.1. The van der Waals surface area contributed by atoms with E-state index in [1.54, 1.807) is 7.11 Å². The van der Waals surface area contributed by atoms with Crippen LogP contribution in [0.15, 0.2) is 36.4 Å². The van der Waals surface area contributed by atoms with Crippen molar-refractivity contribution >= 4 is 24.3 Å². The Hall–Kier alpha value is -1.89. The number of benzene rings is 1. The van der Waals surface area contributed by atoms with Gasteiger partial charge in [0.15, 0.2) is 0 Å². The van der Waals surface area contributed by atoms with Gasteiger partial charge in [0.05, 0.1) is 6.10 Å². The molecule has 1 rings (SSSR count). The minimum absolute atomic E-state index is 0. The summed E-state index contributed by atoms with van der Waals surface area (Å²) in [5.41, 5.74) is 7.73. The van der Waals surface area contributed by atoms with E-state index < -0.39 is 12.0 Å². The minimum Gasteiger partial charge on any atom is -0.480 e. The Balaban J connectivity index is 0.0000116. The van der Waals surface area contributed by atoms with Gasteiger partial charge >= 0.3 is 5.97 Å². The first-order valence-electron chi connectivity index (χ1n) is 12.7. The van der Waals surface area contributed by atoms with Gasteiger partial charge in [-0.15, -0.1) is 12.4 Å². The molecule has 3 atom stereocenters. The molecule has 35 heavy (non-hydrogen) atoms. The Morgan fingerprint density at radius 3 is 2.20 bits per heavy atom. The van der Waals surface area contributed by atoms with Gasteiger partial charge in [0, 0.05) is 31.4 Å². The fourth-order valence-corrected chi connectivity index (χ4v) is 4.74. The van der Waals surface area contributed by atoms with Gasteiger partial charge < -0.3 is 20.9 Å². The fourth-order valence-electron chi connectivity index (χ4n) is 4.74. The summed E-state index contributed by atoms with van der Waals surface area (Å²) in [7, 11) is 1.63. The molecule has 0 saturated heterocycles. The topological polar surface area (TPSA) is 102 Å². The molecule has 0 heterocycles. The van der Waals surface area contributed by atoms with Crippen LogP contribution in [0.5, 0.6) is 0 Å². The van der Waals surface area contributed by atoms with Crippen LogP contribution in [0.2, 0.25) is 0 Å². The first-order valence-corrected chi connectivity index (χ1v) is 12.7. The van der Waals surface area contributed by atoms with E-state index in [4.69, 9.17) is 10.5 Å². The Kier molecular flexibility index (Phi) is 15.8. The van der Waals surface area contributed by atoms with Crippen molar-refractivity contribution in [3.8, 4) is 0 Å². The molecule has 6 nitrogen and oxygen atoms in total. The summed E-state index contributed by atoms with van der Waals surface area (Å²) in [5.74, 6) is -0.735. The van der Waals surface area contributed by atoms with Crippen LogP contribution in [0, 0.1) is 11.8 Å². The van der Waals surface area contributed by atoms with E-state index in [1.807, 2.05) is 19.1 Å². The zero-order chi connectivity index (χ0) is 25.7. The maximum absolute atomic E-state index is 12.2. The summed E-state index contributed by atoms with van der Waals surface area (Å²) >= 11 is 0. The van der Waals surface area contributed by atoms with Crippen molar-refractivity contribution in [2.45, 2.75) is 97.2 Å². The van der Waals surface area contributed by atoms with E-state index in [2.05, 4.69) is 57.3 Å². The highest BCUT2D eigenvalue weighted by Gasteiger charge is 2.43. The molecule has 7 heteroatoms. The number of carbonyl (C=O) groups is 2. The number of halogens is 1. The highest BCUT2D eigenvalue weighted by Crippen LogP contribution is 2.40. The number of unbranched alkanes of at least 4 members (excludes halogenated alkanes) is 2. The monoisotopic (exact) mass is 510 g/mol. The lowest BCUT2D eigenvalue weighted by Gasteiger charge is -2.43. The second-order valence-electron chi connectivity index (χ2n) is 9.63. The van der Waals surface area contributed by atoms with Gasteiger partial charge in [-0.3, -0.25) is 9.59 Å². The zero-order valence-electron chi connectivity index (χ0n) is 22.4. The van der Waals surface area contributed by atoms with Crippen LogP contribution >= 0.6 is 12.4 Å². The number of methoxy groups -OCH3 is 1. The van der Waals surface area contributed by atoms with E-state index >= 15 is 0 Å². The van der Waals surface area contributed by atoms with Crippen LogP contribution < -0.4 is 11.1 Å². The SMILES string of the molecule is CCC(CC)(c1ccc(CNC(=O)CCCCC=CC(C)C)cc1)C(OC)[C@H](C)[C@H](N)C(=O)O.Cl. The van der Waals surface area contributed by atoms with Crippen molar-refractivity contribution in [1.29, 1.82) is 0 Å². The molecule has 1 aromatic rings. The highest BCUT2D eigenvalue weighted by molar-refractivity contribution is 5.85. The molecular weight excluding hydrogens is 464 g/mol. The number of rotatable bonds is 16. The van der Waals surface area contributed by atoms with Crippen molar-refractivity contribution in [1.82, 2.24) is 5.32 Å². The molecule has 0 aromatic heterocycles. The average Bonchev–Trinajstić information content (AvgIpc) is 2.82. The van der Waals surface area contributed by atoms with Crippen LogP contribution in [0.3, 0.4) is 0 Å². The number of hydrogen-bond donors (Lipinski definition) is 3. The maximum atomic E-state index is 12.2. The predicted molar refractivity (Wildman–Crippen MR) is 146 cm³/mol. The molecule has 0 aliphatic heterocycles. The molecule has 0 radical (unpaired) electrons. The van der Waals surface area contributed by atoms with E-state index in [-0.39, 0.29) is 35.8 Å². The minimum atomic E-state index is -1.02. The van der Waals surface area contributed by atoms with E-state index in [0.29, 0.717) is 18.9 Å². The summed E-state index contributed by atoms with van der Waals surface area (Å²) in [6.07, 6.45) is 9.11. The van der Waals surface area contributed by atoms with Gasteiger partial charge in [-0.25, -0.2) is 0 Å². The van der Waals surface area contributed by atoms with Gasteiger partial charge in [-0.1, -0.05) is 71.0 Å². The lowest BCUT2D eigenvalue weighted by Crippen LogP contribution is -2.51. The standard InChI is InChI=1S/C28H46N2O4.ClH/c1-7-28(8-2,26(34-6)21(5)25(29)27(32)33)23-17-15-22(16-18-23)19-30-24(31)14-12-10-9-11-13-20(3)4;/h11,13,15-18,20-21,25-26H,7-10,12,14,19,29H2,1-6H3,(H,30,31)(H,32,33);1H/t21-,25+,26?;/m1./s1. The number of nitrogens with one attached hydrogen (secondary N) is 1. The quantitative estimate of drug-likeness (QED) is 0.198. The van der Waals surface area contributed by atoms with Crippen molar-refractivity contribution in [2.75, 3.05) is 7.11 Å². The predicted octanol–water partition coefficient (Wildman–Crippen LogP) is 5.62. The van der Waals surface area contributed by atoms with Gasteiger partial charge in [0.2, 0.25) is 5.91 Å². The molecule has 0 bridgehead atoms. The van der Waals surface area contributed by atoms with Crippen LogP contribution in [0.1, 0.15) is 84.3 Å². The summed E-state index contributed by atoms with van der Waals surface area (Å²) < 4.78 is 5.86. The number of aliphatic carboxylic acids is 1. The number of nitrogens with two attached hydrogens (primary N) is 1. The van der Waals surface area contributed by atoms with Gasteiger partial charge in [-0.2, -0.15) is 0 Å². The van der Waals surface area contributed by atoms with Crippen molar-refractivity contribution in [2.24, 2.45) is 17.6 Å². The molecule has 4 N–H and O–H groups in total. The maximum Gasteiger partial charge on any atom is 0.320 e.